The van der Waals surface area contributed by atoms with E-state index >= 15 is 0 Å². The monoisotopic (exact) mass is 215 g/mol. The number of likely N-dealkylation sites (N-methyl/N-ethyl adjacent to an activating group) is 1. The van der Waals surface area contributed by atoms with Crippen LogP contribution in [-0.2, 0) is 6.42 Å². The van der Waals surface area contributed by atoms with Gasteiger partial charge in [-0.25, -0.2) is 13.6 Å². The Morgan fingerprint density at radius 3 is 2.60 bits per heavy atom. The van der Waals surface area contributed by atoms with Crippen molar-refractivity contribution in [1.82, 2.24) is 4.90 Å². The summed E-state index contributed by atoms with van der Waals surface area (Å²) in [5.41, 5.74) is 0.571. The van der Waals surface area contributed by atoms with Gasteiger partial charge < -0.3 is 10.0 Å². The smallest absolute Gasteiger partial charge is 0.407 e. The number of nitrogens with zero attached hydrogens (tertiary/aromatic N) is 1. The third-order valence-electron chi connectivity index (χ3n) is 2.05. The summed E-state index contributed by atoms with van der Waals surface area (Å²) in [7, 11) is 1.42. The standard InChI is InChI=1S/C10H11F2NO2/c1-13(10(14)15)5-4-7-2-3-8(11)9(12)6-7/h2-3,6H,4-5H2,1H3,(H,14,15). The second-order valence-electron chi connectivity index (χ2n) is 3.20. The third kappa shape index (κ3) is 3.19. The summed E-state index contributed by atoms with van der Waals surface area (Å²) in [4.78, 5) is 11.5. The van der Waals surface area contributed by atoms with Gasteiger partial charge in [0.05, 0.1) is 0 Å². The first kappa shape index (κ1) is 11.4. The minimum absolute atomic E-state index is 0.250. The largest absolute Gasteiger partial charge is 0.465 e. The van der Waals surface area contributed by atoms with Crippen molar-refractivity contribution >= 4 is 6.09 Å². The molecule has 1 N–H and O–H groups in total. The SMILES string of the molecule is CN(CCc1ccc(F)c(F)c1)C(=O)O. The lowest BCUT2D eigenvalue weighted by Gasteiger charge is -2.12. The Labute approximate surface area is 85.9 Å². The highest BCUT2D eigenvalue weighted by atomic mass is 19.2. The molecule has 0 fully saturated rings. The fraction of sp³-hybridized carbons (Fsp3) is 0.300. The van der Waals surface area contributed by atoms with Crippen LogP contribution < -0.4 is 0 Å². The molecule has 0 unspecified atom stereocenters. The van der Waals surface area contributed by atoms with E-state index in [0.29, 0.717) is 12.0 Å². The van der Waals surface area contributed by atoms with Gasteiger partial charge in [0.25, 0.3) is 0 Å². The zero-order valence-corrected chi connectivity index (χ0v) is 8.20. The molecule has 0 bridgehead atoms. The summed E-state index contributed by atoms with van der Waals surface area (Å²) in [5, 5.41) is 8.55. The van der Waals surface area contributed by atoms with Gasteiger partial charge in [0, 0.05) is 13.6 Å². The van der Waals surface area contributed by atoms with Crippen LogP contribution in [0.3, 0.4) is 0 Å². The van der Waals surface area contributed by atoms with Gasteiger partial charge in [-0.2, -0.15) is 0 Å². The van der Waals surface area contributed by atoms with Crippen LogP contribution in [0.1, 0.15) is 5.56 Å². The Hall–Kier alpha value is -1.65. The highest BCUT2D eigenvalue weighted by molar-refractivity contribution is 5.64. The second-order valence-corrected chi connectivity index (χ2v) is 3.20. The maximum Gasteiger partial charge on any atom is 0.407 e. The van der Waals surface area contributed by atoms with Crippen LogP contribution in [-0.4, -0.2) is 29.7 Å². The number of carboxylic acid groups (broad SMARTS) is 1. The minimum Gasteiger partial charge on any atom is -0.465 e. The van der Waals surface area contributed by atoms with E-state index in [1.807, 2.05) is 0 Å². The molecule has 82 valence electrons. The maximum atomic E-state index is 12.8. The lowest BCUT2D eigenvalue weighted by atomic mass is 10.1. The van der Waals surface area contributed by atoms with E-state index in [1.54, 1.807) is 0 Å². The number of halogens is 2. The number of amides is 1. The lowest BCUT2D eigenvalue weighted by Crippen LogP contribution is -2.26. The average molecular weight is 215 g/mol. The molecule has 0 aliphatic heterocycles. The summed E-state index contributed by atoms with van der Waals surface area (Å²) in [6, 6.07) is 3.55. The maximum absolute atomic E-state index is 12.8. The molecular weight excluding hydrogens is 204 g/mol. The van der Waals surface area contributed by atoms with Crippen molar-refractivity contribution in [3.63, 3.8) is 0 Å². The number of hydrogen-bond donors (Lipinski definition) is 1. The Kier molecular flexibility index (Phi) is 3.60. The van der Waals surface area contributed by atoms with E-state index in [0.717, 1.165) is 17.0 Å². The molecule has 0 saturated carbocycles. The fourth-order valence-corrected chi connectivity index (χ4v) is 1.09. The van der Waals surface area contributed by atoms with Crippen molar-refractivity contribution in [2.75, 3.05) is 13.6 Å². The Morgan fingerprint density at radius 2 is 2.07 bits per heavy atom. The molecule has 0 aliphatic carbocycles. The van der Waals surface area contributed by atoms with Gasteiger partial charge in [-0.15, -0.1) is 0 Å². The summed E-state index contributed by atoms with van der Waals surface area (Å²) < 4.78 is 25.3. The fourth-order valence-electron chi connectivity index (χ4n) is 1.09. The zero-order chi connectivity index (χ0) is 11.4. The van der Waals surface area contributed by atoms with Crippen molar-refractivity contribution in [3.05, 3.63) is 35.4 Å². The summed E-state index contributed by atoms with van der Waals surface area (Å²) in [6.07, 6.45) is -0.683. The van der Waals surface area contributed by atoms with Crippen LogP contribution in [0.5, 0.6) is 0 Å². The molecule has 0 aromatic heterocycles. The minimum atomic E-state index is -1.04. The van der Waals surface area contributed by atoms with Gasteiger partial charge in [-0.3, -0.25) is 0 Å². The normalized spacial score (nSPS) is 10.1. The summed E-state index contributed by atoms with van der Waals surface area (Å²) in [6.45, 7) is 0.250. The number of benzene rings is 1. The molecule has 0 atom stereocenters. The van der Waals surface area contributed by atoms with E-state index in [9.17, 15) is 13.6 Å². The molecule has 1 aromatic carbocycles. The molecular formula is C10H11F2NO2. The molecule has 0 spiro atoms. The van der Waals surface area contributed by atoms with E-state index in [4.69, 9.17) is 5.11 Å². The van der Waals surface area contributed by atoms with Gasteiger partial charge in [0.15, 0.2) is 11.6 Å². The molecule has 0 heterocycles. The zero-order valence-electron chi connectivity index (χ0n) is 8.20. The molecule has 15 heavy (non-hydrogen) atoms. The first-order chi connectivity index (χ1) is 7.00. The Balaban J connectivity index is 2.58. The van der Waals surface area contributed by atoms with Gasteiger partial charge in [0.2, 0.25) is 0 Å². The topological polar surface area (TPSA) is 40.5 Å². The first-order valence-electron chi connectivity index (χ1n) is 4.38. The highest BCUT2D eigenvalue weighted by Gasteiger charge is 2.06. The molecule has 5 heteroatoms. The quantitative estimate of drug-likeness (QED) is 0.838. The van der Waals surface area contributed by atoms with E-state index in [1.165, 1.54) is 13.1 Å². The molecule has 0 radical (unpaired) electrons. The molecule has 0 saturated heterocycles. The van der Waals surface area contributed by atoms with E-state index in [-0.39, 0.29) is 6.54 Å². The van der Waals surface area contributed by atoms with Crippen LogP contribution in [0.2, 0.25) is 0 Å². The Morgan fingerprint density at radius 1 is 1.40 bits per heavy atom. The van der Waals surface area contributed by atoms with Crippen LogP contribution >= 0.6 is 0 Å². The molecule has 1 rings (SSSR count). The van der Waals surface area contributed by atoms with Crippen molar-refractivity contribution < 1.29 is 18.7 Å². The third-order valence-corrected chi connectivity index (χ3v) is 2.05. The average Bonchev–Trinajstić information content (AvgIpc) is 2.19. The van der Waals surface area contributed by atoms with Crippen LogP contribution in [0.25, 0.3) is 0 Å². The van der Waals surface area contributed by atoms with Gasteiger partial charge in [-0.1, -0.05) is 6.07 Å². The highest BCUT2D eigenvalue weighted by Crippen LogP contribution is 2.09. The van der Waals surface area contributed by atoms with Crippen LogP contribution in [0.15, 0.2) is 18.2 Å². The van der Waals surface area contributed by atoms with Crippen molar-refractivity contribution in [2.24, 2.45) is 0 Å². The van der Waals surface area contributed by atoms with E-state index < -0.39 is 17.7 Å². The van der Waals surface area contributed by atoms with Crippen LogP contribution in [0.4, 0.5) is 13.6 Å². The summed E-state index contributed by atoms with van der Waals surface area (Å²) >= 11 is 0. The predicted octanol–water partition coefficient (Wildman–Crippen LogP) is 2.12. The predicted molar refractivity (Wildman–Crippen MR) is 50.7 cm³/mol. The lowest BCUT2D eigenvalue weighted by molar-refractivity contribution is 0.156. The molecule has 1 aromatic rings. The molecule has 0 aliphatic rings. The second kappa shape index (κ2) is 4.72. The Bertz CT molecular complexity index is 368. The van der Waals surface area contributed by atoms with Gasteiger partial charge in [-0.05, 0) is 24.1 Å². The van der Waals surface area contributed by atoms with E-state index in [2.05, 4.69) is 0 Å². The van der Waals surface area contributed by atoms with Crippen molar-refractivity contribution in [3.8, 4) is 0 Å². The van der Waals surface area contributed by atoms with Crippen LogP contribution in [0, 0.1) is 11.6 Å². The number of carbonyl (C=O) groups is 1. The van der Waals surface area contributed by atoms with Crippen molar-refractivity contribution in [2.45, 2.75) is 6.42 Å². The van der Waals surface area contributed by atoms with Gasteiger partial charge >= 0.3 is 6.09 Å². The number of hydrogen-bond acceptors (Lipinski definition) is 1. The molecule has 3 nitrogen and oxygen atoms in total. The number of rotatable bonds is 3. The summed E-state index contributed by atoms with van der Waals surface area (Å²) in [5.74, 6) is -1.81. The molecule has 1 amide bonds. The van der Waals surface area contributed by atoms with Gasteiger partial charge in [0.1, 0.15) is 0 Å². The van der Waals surface area contributed by atoms with Crippen molar-refractivity contribution in [1.29, 1.82) is 0 Å². The first-order valence-corrected chi connectivity index (χ1v) is 4.38.